The molecular weight excluding hydrogens is 376 g/mol. The first-order valence-electron chi connectivity index (χ1n) is 10.3. The Bertz CT molecular complexity index is 788. The van der Waals surface area contributed by atoms with Gasteiger partial charge in [-0.05, 0) is 44.7 Å². The fourth-order valence-electron chi connectivity index (χ4n) is 4.08. The average molecular weight is 407 g/mol. The van der Waals surface area contributed by atoms with Crippen LogP contribution in [0.1, 0.15) is 62.2 Å². The lowest BCUT2D eigenvalue weighted by atomic mass is 9.95. The summed E-state index contributed by atoms with van der Waals surface area (Å²) >= 11 is 0. The SMILES string of the molecule is CC(=O)c1ccc(S(=O)(=O)N2CCC(C(=O)N3CCCCCCC3)CC2)cc1. The quantitative estimate of drug-likeness (QED) is 0.720. The van der Waals surface area contributed by atoms with Crippen LogP contribution < -0.4 is 0 Å². The zero-order chi connectivity index (χ0) is 20.1. The molecule has 0 atom stereocenters. The summed E-state index contributed by atoms with van der Waals surface area (Å²) in [6, 6.07) is 6.08. The molecule has 7 heteroatoms. The van der Waals surface area contributed by atoms with Crippen LogP contribution in [-0.2, 0) is 14.8 Å². The Morgan fingerprint density at radius 2 is 1.39 bits per heavy atom. The van der Waals surface area contributed by atoms with Crippen LogP contribution >= 0.6 is 0 Å². The highest BCUT2D eigenvalue weighted by molar-refractivity contribution is 7.89. The van der Waals surface area contributed by atoms with Gasteiger partial charge in [0.25, 0.3) is 0 Å². The minimum Gasteiger partial charge on any atom is -0.342 e. The summed E-state index contributed by atoms with van der Waals surface area (Å²) in [5, 5.41) is 0. The minimum atomic E-state index is -3.59. The Hall–Kier alpha value is -1.73. The van der Waals surface area contributed by atoms with Crippen molar-refractivity contribution in [1.29, 1.82) is 0 Å². The first kappa shape index (κ1) is 21.0. The van der Waals surface area contributed by atoms with Gasteiger partial charge in [0.05, 0.1) is 4.90 Å². The van der Waals surface area contributed by atoms with Gasteiger partial charge in [0, 0.05) is 37.7 Å². The number of ketones is 1. The van der Waals surface area contributed by atoms with Gasteiger partial charge in [-0.3, -0.25) is 9.59 Å². The second-order valence-electron chi connectivity index (χ2n) is 7.85. The number of amides is 1. The Labute approximate surface area is 167 Å². The Morgan fingerprint density at radius 1 is 0.857 bits per heavy atom. The minimum absolute atomic E-state index is 0.0778. The van der Waals surface area contributed by atoms with Crippen molar-refractivity contribution < 1.29 is 18.0 Å². The summed E-state index contributed by atoms with van der Waals surface area (Å²) in [4.78, 5) is 26.4. The number of nitrogens with zero attached hydrogens (tertiary/aromatic N) is 2. The monoisotopic (exact) mass is 406 g/mol. The molecule has 2 heterocycles. The molecule has 6 nitrogen and oxygen atoms in total. The molecule has 2 saturated heterocycles. The van der Waals surface area contributed by atoms with E-state index in [1.54, 1.807) is 12.1 Å². The largest absolute Gasteiger partial charge is 0.342 e. The van der Waals surface area contributed by atoms with Crippen LogP contribution in [0.3, 0.4) is 0 Å². The molecule has 0 spiro atoms. The van der Waals surface area contributed by atoms with Crippen molar-refractivity contribution in [2.75, 3.05) is 26.2 Å². The third-order valence-electron chi connectivity index (χ3n) is 5.87. The highest BCUT2D eigenvalue weighted by Crippen LogP contribution is 2.26. The van der Waals surface area contributed by atoms with Crippen LogP contribution in [0.4, 0.5) is 0 Å². The van der Waals surface area contributed by atoms with Crippen LogP contribution in [0.5, 0.6) is 0 Å². The number of Topliss-reactive ketones (excluding diaryl/α,β-unsaturated/α-hetero) is 1. The molecule has 0 unspecified atom stereocenters. The maximum Gasteiger partial charge on any atom is 0.243 e. The van der Waals surface area contributed by atoms with Gasteiger partial charge < -0.3 is 4.90 Å². The molecule has 28 heavy (non-hydrogen) atoms. The van der Waals surface area contributed by atoms with E-state index < -0.39 is 10.0 Å². The van der Waals surface area contributed by atoms with Crippen LogP contribution in [-0.4, -0.2) is 55.5 Å². The summed E-state index contributed by atoms with van der Waals surface area (Å²) in [6.07, 6.45) is 6.89. The number of sulfonamides is 1. The number of piperidine rings is 1. The van der Waals surface area contributed by atoms with E-state index in [9.17, 15) is 18.0 Å². The van der Waals surface area contributed by atoms with E-state index in [2.05, 4.69) is 0 Å². The van der Waals surface area contributed by atoms with Crippen molar-refractivity contribution in [3.8, 4) is 0 Å². The molecule has 0 aromatic heterocycles. The molecule has 0 N–H and O–H groups in total. The van der Waals surface area contributed by atoms with E-state index in [1.165, 1.54) is 42.6 Å². The van der Waals surface area contributed by atoms with E-state index in [4.69, 9.17) is 0 Å². The number of hydrogen-bond donors (Lipinski definition) is 0. The van der Waals surface area contributed by atoms with Gasteiger partial charge in [-0.1, -0.05) is 31.4 Å². The van der Waals surface area contributed by atoms with Gasteiger partial charge in [0.15, 0.2) is 5.78 Å². The predicted molar refractivity (Wildman–Crippen MR) is 108 cm³/mol. The topological polar surface area (TPSA) is 74.8 Å². The summed E-state index contributed by atoms with van der Waals surface area (Å²) in [5.74, 6) is 0.0308. The fraction of sp³-hybridized carbons (Fsp3) is 0.619. The number of rotatable bonds is 4. The number of carbonyl (C=O) groups is 2. The van der Waals surface area contributed by atoms with Crippen molar-refractivity contribution in [2.45, 2.75) is 56.8 Å². The number of hydrogen-bond acceptors (Lipinski definition) is 4. The van der Waals surface area contributed by atoms with Crippen LogP contribution in [0.2, 0.25) is 0 Å². The van der Waals surface area contributed by atoms with Gasteiger partial charge in [0.2, 0.25) is 15.9 Å². The van der Waals surface area contributed by atoms with E-state index >= 15 is 0 Å². The van der Waals surface area contributed by atoms with E-state index in [-0.39, 0.29) is 22.5 Å². The Morgan fingerprint density at radius 3 is 1.93 bits per heavy atom. The molecule has 1 amide bonds. The molecule has 1 aromatic rings. The van der Waals surface area contributed by atoms with Crippen LogP contribution in [0.25, 0.3) is 0 Å². The summed E-state index contributed by atoms with van der Waals surface area (Å²) < 4.78 is 27.2. The number of likely N-dealkylation sites (tertiary alicyclic amines) is 1. The van der Waals surface area contributed by atoms with E-state index in [1.807, 2.05) is 4.90 Å². The van der Waals surface area contributed by atoms with Gasteiger partial charge in [0.1, 0.15) is 0 Å². The lowest BCUT2D eigenvalue weighted by molar-refractivity contribution is -0.137. The third-order valence-corrected chi connectivity index (χ3v) is 7.78. The standard InChI is InChI=1S/C21H30N2O4S/c1-17(24)18-7-9-20(10-8-18)28(26,27)23-15-11-19(12-16-23)21(25)22-13-5-3-2-4-6-14-22/h7-10,19H,2-6,11-16H2,1H3. The Kier molecular flexibility index (Phi) is 6.88. The second kappa shape index (κ2) is 9.18. The molecule has 2 aliphatic heterocycles. The van der Waals surface area contributed by atoms with Gasteiger partial charge in [-0.2, -0.15) is 4.31 Å². The Balaban J connectivity index is 1.60. The van der Waals surface area contributed by atoms with E-state index in [0.717, 1.165) is 25.9 Å². The highest BCUT2D eigenvalue weighted by Gasteiger charge is 2.33. The molecule has 0 radical (unpaired) electrons. The van der Waals surface area contributed by atoms with Crippen molar-refractivity contribution in [2.24, 2.45) is 5.92 Å². The molecule has 1 aromatic carbocycles. The smallest absolute Gasteiger partial charge is 0.243 e. The molecule has 2 fully saturated rings. The van der Waals surface area contributed by atoms with E-state index in [0.29, 0.717) is 31.5 Å². The highest BCUT2D eigenvalue weighted by atomic mass is 32.2. The predicted octanol–water partition coefficient (Wildman–Crippen LogP) is 3.08. The average Bonchev–Trinajstić information content (AvgIpc) is 2.67. The number of carbonyl (C=O) groups excluding carboxylic acids is 2. The molecule has 154 valence electrons. The molecule has 0 saturated carbocycles. The number of benzene rings is 1. The van der Waals surface area contributed by atoms with Crippen molar-refractivity contribution in [3.63, 3.8) is 0 Å². The fourth-order valence-corrected chi connectivity index (χ4v) is 5.55. The van der Waals surface area contributed by atoms with Crippen molar-refractivity contribution in [3.05, 3.63) is 29.8 Å². The molecule has 2 aliphatic rings. The van der Waals surface area contributed by atoms with Crippen LogP contribution in [0.15, 0.2) is 29.2 Å². The maximum absolute atomic E-state index is 12.9. The molecule has 0 aliphatic carbocycles. The molecular formula is C21H30N2O4S. The second-order valence-corrected chi connectivity index (χ2v) is 9.79. The van der Waals surface area contributed by atoms with Gasteiger partial charge in [-0.15, -0.1) is 0 Å². The zero-order valence-electron chi connectivity index (χ0n) is 16.6. The summed E-state index contributed by atoms with van der Waals surface area (Å²) in [7, 11) is -3.59. The summed E-state index contributed by atoms with van der Waals surface area (Å²) in [5.41, 5.74) is 0.497. The normalized spacial score (nSPS) is 20.4. The van der Waals surface area contributed by atoms with Gasteiger partial charge >= 0.3 is 0 Å². The summed E-state index contributed by atoms with van der Waals surface area (Å²) in [6.45, 7) is 3.85. The molecule has 3 rings (SSSR count). The molecule has 0 bridgehead atoms. The maximum atomic E-state index is 12.9. The zero-order valence-corrected chi connectivity index (χ0v) is 17.4. The lowest BCUT2D eigenvalue weighted by Gasteiger charge is -2.34. The van der Waals surface area contributed by atoms with Crippen molar-refractivity contribution >= 4 is 21.7 Å². The lowest BCUT2D eigenvalue weighted by Crippen LogP contribution is -2.45. The first-order chi connectivity index (χ1) is 13.4. The van der Waals surface area contributed by atoms with Crippen LogP contribution in [0, 0.1) is 5.92 Å². The first-order valence-corrected chi connectivity index (χ1v) is 11.7. The third kappa shape index (κ3) is 4.81. The van der Waals surface area contributed by atoms with Gasteiger partial charge in [-0.25, -0.2) is 8.42 Å². The van der Waals surface area contributed by atoms with Crippen molar-refractivity contribution in [1.82, 2.24) is 9.21 Å².